The molecule has 0 aliphatic heterocycles. The number of ether oxygens (including phenoxy) is 1. The standard InChI is InChI=1S/C28H34N2O3/c1-19(2)27(28(32)29-17-22-8-7-9-23(14-22)18-33-20(3)4)30-26(31)16-21-12-13-24-10-5-6-11-25(24)15-21/h5-15,19-20,27H,16-18H2,1-4H3,(H,29,32)(H,30,31). The van der Waals surface area contributed by atoms with Crippen molar-refractivity contribution in [2.75, 3.05) is 0 Å². The second-order valence-electron chi connectivity index (χ2n) is 9.04. The molecule has 0 fully saturated rings. The molecule has 0 spiro atoms. The number of benzene rings is 3. The summed E-state index contributed by atoms with van der Waals surface area (Å²) in [7, 11) is 0. The highest BCUT2D eigenvalue weighted by Gasteiger charge is 2.24. The Morgan fingerprint density at radius 3 is 2.27 bits per heavy atom. The zero-order valence-electron chi connectivity index (χ0n) is 19.9. The lowest BCUT2D eigenvalue weighted by Gasteiger charge is -2.22. The molecule has 1 unspecified atom stereocenters. The minimum Gasteiger partial charge on any atom is -0.374 e. The maximum absolute atomic E-state index is 12.9. The van der Waals surface area contributed by atoms with Crippen LogP contribution in [0.5, 0.6) is 0 Å². The second-order valence-corrected chi connectivity index (χ2v) is 9.04. The van der Waals surface area contributed by atoms with Gasteiger partial charge in [0.25, 0.3) is 0 Å². The molecule has 0 heterocycles. The molecule has 3 rings (SSSR count). The number of fused-ring (bicyclic) bond motifs is 1. The SMILES string of the molecule is CC(C)OCc1cccc(CNC(=O)C(NC(=O)Cc2ccc3ccccc3c2)C(C)C)c1. The third kappa shape index (κ3) is 7.43. The van der Waals surface area contributed by atoms with Crippen LogP contribution in [0.2, 0.25) is 0 Å². The van der Waals surface area contributed by atoms with Crippen molar-refractivity contribution < 1.29 is 14.3 Å². The fraction of sp³-hybridized carbons (Fsp3) is 0.357. The minimum atomic E-state index is -0.592. The molecule has 5 heteroatoms. The number of rotatable bonds is 10. The van der Waals surface area contributed by atoms with E-state index in [0.29, 0.717) is 13.2 Å². The Balaban J connectivity index is 1.57. The van der Waals surface area contributed by atoms with Crippen molar-refractivity contribution in [1.29, 1.82) is 0 Å². The molecule has 3 aromatic rings. The molecule has 174 valence electrons. The van der Waals surface area contributed by atoms with E-state index >= 15 is 0 Å². The summed E-state index contributed by atoms with van der Waals surface area (Å²) in [5, 5.41) is 8.13. The molecule has 0 aliphatic carbocycles. The molecule has 0 saturated heterocycles. The highest BCUT2D eigenvalue weighted by molar-refractivity contribution is 5.89. The van der Waals surface area contributed by atoms with Gasteiger partial charge in [0, 0.05) is 6.54 Å². The molecule has 5 nitrogen and oxygen atoms in total. The van der Waals surface area contributed by atoms with E-state index < -0.39 is 6.04 Å². The summed E-state index contributed by atoms with van der Waals surface area (Å²) in [5.74, 6) is -0.371. The smallest absolute Gasteiger partial charge is 0.243 e. The first-order valence-electron chi connectivity index (χ1n) is 11.6. The fourth-order valence-electron chi connectivity index (χ4n) is 3.69. The number of carbonyl (C=O) groups is 2. The lowest BCUT2D eigenvalue weighted by atomic mass is 10.0. The molecule has 2 N–H and O–H groups in total. The van der Waals surface area contributed by atoms with Crippen molar-refractivity contribution in [3.8, 4) is 0 Å². The van der Waals surface area contributed by atoms with Gasteiger partial charge in [-0.1, -0.05) is 80.6 Å². The molecule has 0 bridgehead atoms. The molecule has 0 saturated carbocycles. The van der Waals surface area contributed by atoms with Crippen molar-refractivity contribution in [3.63, 3.8) is 0 Å². The molecule has 0 aliphatic rings. The number of hydrogen-bond acceptors (Lipinski definition) is 3. The molecule has 0 aromatic heterocycles. The molecule has 3 aromatic carbocycles. The Kier molecular flexibility index (Phi) is 8.61. The summed E-state index contributed by atoms with van der Waals surface area (Å²) in [6.45, 7) is 8.82. The van der Waals surface area contributed by atoms with Crippen LogP contribution in [-0.4, -0.2) is 24.0 Å². The summed E-state index contributed by atoms with van der Waals surface area (Å²) >= 11 is 0. The lowest BCUT2D eigenvalue weighted by Crippen LogP contribution is -2.49. The third-order valence-electron chi connectivity index (χ3n) is 5.49. The van der Waals surface area contributed by atoms with Crippen LogP contribution in [0.3, 0.4) is 0 Å². The van der Waals surface area contributed by atoms with E-state index in [9.17, 15) is 9.59 Å². The quantitative estimate of drug-likeness (QED) is 0.472. The average molecular weight is 447 g/mol. The summed E-state index contributed by atoms with van der Waals surface area (Å²) in [4.78, 5) is 25.6. The van der Waals surface area contributed by atoms with Crippen LogP contribution in [0.1, 0.15) is 44.4 Å². The van der Waals surface area contributed by atoms with Gasteiger partial charge in [0.1, 0.15) is 6.04 Å². The van der Waals surface area contributed by atoms with Crippen LogP contribution in [0, 0.1) is 5.92 Å². The van der Waals surface area contributed by atoms with E-state index in [1.165, 1.54) is 0 Å². The Bertz CT molecular complexity index is 1090. The molecule has 33 heavy (non-hydrogen) atoms. The highest BCUT2D eigenvalue weighted by Crippen LogP contribution is 2.16. The first-order valence-corrected chi connectivity index (χ1v) is 11.6. The van der Waals surface area contributed by atoms with Gasteiger partial charge < -0.3 is 15.4 Å². The van der Waals surface area contributed by atoms with E-state index in [1.54, 1.807) is 0 Å². The predicted molar refractivity (Wildman–Crippen MR) is 133 cm³/mol. The average Bonchev–Trinajstić information content (AvgIpc) is 2.79. The van der Waals surface area contributed by atoms with Gasteiger partial charge in [-0.05, 0) is 47.2 Å². The van der Waals surface area contributed by atoms with Gasteiger partial charge in [-0.3, -0.25) is 9.59 Å². The summed E-state index contributed by atoms with van der Waals surface area (Å²) in [6, 6.07) is 21.5. The van der Waals surface area contributed by atoms with Crippen molar-refractivity contribution >= 4 is 22.6 Å². The van der Waals surface area contributed by atoms with Gasteiger partial charge in [-0.25, -0.2) is 0 Å². The van der Waals surface area contributed by atoms with Gasteiger partial charge in [-0.15, -0.1) is 0 Å². The van der Waals surface area contributed by atoms with E-state index in [1.807, 2.05) is 94.4 Å². The summed E-state index contributed by atoms with van der Waals surface area (Å²) in [6.07, 6.45) is 0.401. The minimum absolute atomic E-state index is 0.0312. The fourth-order valence-corrected chi connectivity index (χ4v) is 3.69. The van der Waals surface area contributed by atoms with Gasteiger partial charge in [0.2, 0.25) is 11.8 Å². The van der Waals surface area contributed by atoms with Crippen molar-refractivity contribution in [2.24, 2.45) is 5.92 Å². The van der Waals surface area contributed by atoms with Gasteiger partial charge in [0.15, 0.2) is 0 Å². The third-order valence-corrected chi connectivity index (χ3v) is 5.49. The molecule has 1 atom stereocenters. The van der Waals surface area contributed by atoms with Gasteiger partial charge >= 0.3 is 0 Å². The summed E-state index contributed by atoms with van der Waals surface area (Å²) < 4.78 is 5.66. The van der Waals surface area contributed by atoms with Gasteiger partial charge in [-0.2, -0.15) is 0 Å². The molecular weight excluding hydrogens is 412 g/mol. The van der Waals surface area contributed by atoms with Crippen molar-refractivity contribution in [2.45, 2.75) is 59.4 Å². The number of amides is 2. The molecular formula is C28H34N2O3. The lowest BCUT2D eigenvalue weighted by molar-refractivity contribution is -0.129. The zero-order chi connectivity index (χ0) is 23.8. The van der Waals surface area contributed by atoms with Crippen LogP contribution in [0.4, 0.5) is 0 Å². The first kappa shape index (κ1) is 24.5. The van der Waals surface area contributed by atoms with Crippen LogP contribution >= 0.6 is 0 Å². The topological polar surface area (TPSA) is 67.4 Å². The maximum Gasteiger partial charge on any atom is 0.243 e. The maximum atomic E-state index is 12.9. The Morgan fingerprint density at radius 2 is 1.55 bits per heavy atom. The molecule has 2 amide bonds. The second kappa shape index (κ2) is 11.6. The van der Waals surface area contributed by atoms with Crippen molar-refractivity contribution in [1.82, 2.24) is 10.6 Å². The van der Waals surface area contributed by atoms with E-state index in [-0.39, 0.29) is 30.3 Å². The van der Waals surface area contributed by atoms with Crippen LogP contribution in [0.15, 0.2) is 66.7 Å². The Labute approximate surface area is 196 Å². The van der Waals surface area contributed by atoms with E-state index in [4.69, 9.17) is 4.74 Å². The monoisotopic (exact) mass is 446 g/mol. The number of nitrogens with one attached hydrogen (secondary N) is 2. The number of carbonyl (C=O) groups excluding carboxylic acids is 2. The highest BCUT2D eigenvalue weighted by atomic mass is 16.5. The van der Waals surface area contributed by atoms with Crippen LogP contribution in [-0.2, 0) is 33.9 Å². The van der Waals surface area contributed by atoms with Crippen molar-refractivity contribution in [3.05, 3.63) is 83.4 Å². The van der Waals surface area contributed by atoms with E-state index in [0.717, 1.165) is 27.5 Å². The van der Waals surface area contributed by atoms with Crippen LogP contribution < -0.4 is 10.6 Å². The predicted octanol–water partition coefficient (Wildman–Crippen LogP) is 4.76. The largest absolute Gasteiger partial charge is 0.374 e. The Hall–Kier alpha value is -3.18. The first-order chi connectivity index (χ1) is 15.8. The summed E-state index contributed by atoms with van der Waals surface area (Å²) in [5.41, 5.74) is 2.99. The Morgan fingerprint density at radius 1 is 0.818 bits per heavy atom. The zero-order valence-corrected chi connectivity index (χ0v) is 19.9. The van der Waals surface area contributed by atoms with Crippen LogP contribution in [0.25, 0.3) is 10.8 Å². The number of hydrogen-bond donors (Lipinski definition) is 2. The van der Waals surface area contributed by atoms with E-state index in [2.05, 4.69) is 10.6 Å². The molecule has 0 radical (unpaired) electrons. The van der Waals surface area contributed by atoms with Gasteiger partial charge in [0.05, 0.1) is 19.1 Å². The normalized spacial score (nSPS) is 12.2.